The molecule has 1 amide bonds. The Morgan fingerprint density at radius 1 is 1.27 bits per heavy atom. The summed E-state index contributed by atoms with van der Waals surface area (Å²) in [4.78, 5) is 27.6. The van der Waals surface area contributed by atoms with Crippen molar-refractivity contribution in [1.82, 2.24) is 14.9 Å². The van der Waals surface area contributed by atoms with E-state index >= 15 is 0 Å². The predicted octanol–water partition coefficient (Wildman–Crippen LogP) is 3.62. The number of benzene rings is 1. The number of hydrogen-bond donors (Lipinski definition) is 0. The molecular weight excluding hydrogens is 344 g/mol. The summed E-state index contributed by atoms with van der Waals surface area (Å²) in [7, 11) is 2.08. The van der Waals surface area contributed by atoms with Gasteiger partial charge >= 0.3 is 0 Å². The van der Waals surface area contributed by atoms with Crippen LogP contribution in [0.4, 0.5) is 5.82 Å². The summed E-state index contributed by atoms with van der Waals surface area (Å²) >= 11 is 1.70. The highest BCUT2D eigenvalue weighted by Crippen LogP contribution is 2.38. The van der Waals surface area contributed by atoms with Crippen LogP contribution in [0.25, 0.3) is 10.2 Å². The van der Waals surface area contributed by atoms with E-state index in [1.54, 1.807) is 17.7 Å². The van der Waals surface area contributed by atoms with Crippen molar-refractivity contribution in [3.8, 4) is 0 Å². The van der Waals surface area contributed by atoms with Crippen LogP contribution in [0.3, 0.4) is 0 Å². The zero-order chi connectivity index (χ0) is 18.1. The molecule has 3 heterocycles. The molecule has 6 heteroatoms. The van der Waals surface area contributed by atoms with E-state index in [4.69, 9.17) is 0 Å². The third-order valence-corrected chi connectivity index (χ3v) is 6.02. The van der Waals surface area contributed by atoms with Crippen LogP contribution in [0.1, 0.15) is 29.3 Å². The van der Waals surface area contributed by atoms with Gasteiger partial charge in [0.2, 0.25) is 5.91 Å². The van der Waals surface area contributed by atoms with Gasteiger partial charge in [-0.1, -0.05) is 37.3 Å². The first-order valence-corrected chi connectivity index (χ1v) is 9.77. The number of aromatic nitrogens is 2. The molecule has 2 aromatic heterocycles. The van der Waals surface area contributed by atoms with Gasteiger partial charge in [-0.3, -0.25) is 4.79 Å². The first kappa shape index (κ1) is 17.0. The second-order valence-electron chi connectivity index (χ2n) is 6.64. The number of thiophene rings is 1. The molecule has 4 rings (SSSR count). The van der Waals surface area contributed by atoms with Crippen LogP contribution in [0.2, 0.25) is 0 Å². The Kier molecular flexibility index (Phi) is 4.59. The van der Waals surface area contributed by atoms with Crippen LogP contribution in [-0.4, -0.2) is 34.4 Å². The summed E-state index contributed by atoms with van der Waals surface area (Å²) in [6, 6.07) is 10.4. The van der Waals surface area contributed by atoms with Gasteiger partial charge in [0.15, 0.2) is 0 Å². The number of rotatable bonds is 4. The minimum absolute atomic E-state index is 0.223. The lowest BCUT2D eigenvalue weighted by atomic mass is 10.0. The number of carbonyl (C=O) groups excluding carboxylic acids is 1. The first-order chi connectivity index (χ1) is 12.7. The van der Waals surface area contributed by atoms with Crippen LogP contribution in [0.15, 0.2) is 36.7 Å². The Bertz CT molecular complexity index is 938. The number of hydrogen-bond acceptors (Lipinski definition) is 5. The molecule has 0 unspecified atom stereocenters. The maximum atomic E-state index is 12.1. The van der Waals surface area contributed by atoms with Gasteiger partial charge < -0.3 is 9.80 Å². The zero-order valence-corrected chi connectivity index (χ0v) is 15.9. The van der Waals surface area contributed by atoms with Crippen LogP contribution in [-0.2, 0) is 24.3 Å². The number of amides is 1. The molecule has 3 aromatic rings. The molecule has 0 aliphatic carbocycles. The molecule has 1 aliphatic heterocycles. The van der Waals surface area contributed by atoms with E-state index in [2.05, 4.69) is 46.2 Å². The molecule has 0 fully saturated rings. The van der Waals surface area contributed by atoms with Crippen molar-refractivity contribution in [3.63, 3.8) is 0 Å². The first-order valence-electron chi connectivity index (χ1n) is 8.95. The van der Waals surface area contributed by atoms with E-state index in [1.165, 1.54) is 16.0 Å². The average Bonchev–Trinajstić information content (AvgIpc) is 3.05. The van der Waals surface area contributed by atoms with Crippen molar-refractivity contribution in [2.45, 2.75) is 32.9 Å². The van der Waals surface area contributed by atoms with E-state index in [0.717, 1.165) is 35.5 Å². The standard InChI is InChI=1S/C20H22N4OS/c1-3-17(25)24-10-9-15-16(12-24)26-20-18(15)19(21-13-22-20)23(2)11-14-7-5-4-6-8-14/h4-8,13H,3,9-12H2,1-2H3. The van der Waals surface area contributed by atoms with Crippen molar-refractivity contribution in [2.24, 2.45) is 0 Å². The molecule has 0 N–H and O–H groups in total. The topological polar surface area (TPSA) is 49.3 Å². The molecule has 0 radical (unpaired) electrons. The summed E-state index contributed by atoms with van der Waals surface area (Å²) in [5.74, 6) is 1.20. The second-order valence-corrected chi connectivity index (χ2v) is 7.73. The maximum Gasteiger partial charge on any atom is 0.222 e. The van der Waals surface area contributed by atoms with Gasteiger partial charge in [-0.15, -0.1) is 11.3 Å². The van der Waals surface area contributed by atoms with Crippen LogP contribution >= 0.6 is 11.3 Å². The van der Waals surface area contributed by atoms with Crippen LogP contribution in [0.5, 0.6) is 0 Å². The summed E-state index contributed by atoms with van der Waals surface area (Å²) in [5, 5.41) is 1.16. The van der Waals surface area contributed by atoms with E-state index in [0.29, 0.717) is 13.0 Å². The molecule has 0 saturated heterocycles. The van der Waals surface area contributed by atoms with Crippen molar-refractivity contribution in [1.29, 1.82) is 0 Å². The quantitative estimate of drug-likeness (QED) is 0.708. The van der Waals surface area contributed by atoms with E-state index in [-0.39, 0.29) is 5.91 Å². The normalized spacial score (nSPS) is 13.7. The largest absolute Gasteiger partial charge is 0.355 e. The third-order valence-electron chi connectivity index (χ3n) is 4.90. The number of carbonyl (C=O) groups is 1. The van der Waals surface area contributed by atoms with E-state index in [9.17, 15) is 4.79 Å². The molecule has 5 nitrogen and oxygen atoms in total. The van der Waals surface area contributed by atoms with Crippen molar-refractivity contribution < 1.29 is 4.79 Å². The Morgan fingerprint density at radius 2 is 2.08 bits per heavy atom. The fourth-order valence-electron chi connectivity index (χ4n) is 3.57. The van der Waals surface area contributed by atoms with Gasteiger partial charge in [-0.05, 0) is 17.5 Å². The van der Waals surface area contributed by atoms with E-state index < -0.39 is 0 Å². The summed E-state index contributed by atoms with van der Waals surface area (Å²) in [5.41, 5.74) is 2.58. The molecule has 0 atom stereocenters. The fourth-order valence-corrected chi connectivity index (χ4v) is 4.77. The highest BCUT2D eigenvalue weighted by atomic mass is 32.1. The third kappa shape index (κ3) is 3.05. The Labute approximate surface area is 157 Å². The lowest BCUT2D eigenvalue weighted by Gasteiger charge is -2.27. The average molecular weight is 366 g/mol. The van der Waals surface area contributed by atoms with Crippen molar-refractivity contribution >= 4 is 33.3 Å². The number of fused-ring (bicyclic) bond motifs is 3. The maximum absolute atomic E-state index is 12.1. The molecule has 0 bridgehead atoms. The van der Waals surface area contributed by atoms with Crippen molar-refractivity contribution in [2.75, 3.05) is 18.5 Å². The minimum atomic E-state index is 0.223. The summed E-state index contributed by atoms with van der Waals surface area (Å²) in [6.07, 6.45) is 3.09. The molecular formula is C20H22N4OS. The molecule has 1 aromatic carbocycles. The summed E-state index contributed by atoms with van der Waals surface area (Å²) in [6.45, 7) is 4.20. The minimum Gasteiger partial charge on any atom is -0.355 e. The van der Waals surface area contributed by atoms with Gasteiger partial charge in [0.05, 0.1) is 11.9 Å². The molecule has 0 spiro atoms. The number of anilines is 1. The van der Waals surface area contributed by atoms with Crippen LogP contribution < -0.4 is 4.90 Å². The fraction of sp³-hybridized carbons (Fsp3) is 0.350. The lowest BCUT2D eigenvalue weighted by molar-refractivity contribution is -0.131. The second kappa shape index (κ2) is 7.03. The van der Waals surface area contributed by atoms with Gasteiger partial charge in [-0.25, -0.2) is 9.97 Å². The molecule has 26 heavy (non-hydrogen) atoms. The highest BCUT2D eigenvalue weighted by molar-refractivity contribution is 7.19. The predicted molar refractivity (Wildman–Crippen MR) is 105 cm³/mol. The molecule has 134 valence electrons. The lowest BCUT2D eigenvalue weighted by Crippen LogP contribution is -2.34. The summed E-state index contributed by atoms with van der Waals surface area (Å²) < 4.78 is 0. The number of nitrogens with zero attached hydrogens (tertiary/aromatic N) is 4. The van der Waals surface area contributed by atoms with Gasteiger partial charge in [0, 0.05) is 31.4 Å². The van der Waals surface area contributed by atoms with Crippen LogP contribution in [0, 0.1) is 0 Å². The van der Waals surface area contributed by atoms with E-state index in [1.807, 2.05) is 17.9 Å². The monoisotopic (exact) mass is 366 g/mol. The van der Waals surface area contributed by atoms with Crippen molar-refractivity contribution in [3.05, 3.63) is 52.7 Å². The Hall–Kier alpha value is -2.47. The molecule has 0 saturated carbocycles. The van der Waals surface area contributed by atoms with Gasteiger partial charge in [0.1, 0.15) is 17.0 Å². The Morgan fingerprint density at radius 3 is 2.85 bits per heavy atom. The van der Waals surface area contributed by atoms with Gasteiger partial charge in [0.25, 0.3) is 0 Å². The smallest absolute Gasteiger partial charge is 0.222 e. The Balaban J connectivity index is 1.69. The highest BCUT2D eigenvalue weighted by Gasteiger charge is 2.26. The zero-order valence-electron chi connectivity index (χ0n) is 15.1. The van der Waals surface area contributed by atoms with Gasteiger partial charge in [-0.2, -0.15) is 0 Å². The SMILES string of the molecule is CCC(=O)N1CCc2c(sc3ncnc(N(C)Cc4ccccc4)c23)C1. The molecule has 1 aliphatic rings.